The number of nitrogens with one attached hydrogen (secondary N) is 1. The van der Waals surface area contributed by atoms with Crippen LogP contribution < -0.4 is 5.32 Å². The highest BCUT2D eigenvalue weighted by molar-refractivity contribution is 6.43. The van der Waals surface area contributed by atoms with E-state index >= 15 is 0 Å². The largest absolute Gasteiger partial charge is 0.350 e. The molecule has 0 aliphatic carbocycles. The molecule has 1 saturated heterocycles. The van der Waals surface area contributed by atoms with Gasteiger partial charge in [-0.2, -0.15) is 0 Å². The third kappa shape index (κ3) is 5.42. The van der Waals surface area contributed by atoms with Crippen LogP contribution in [0.3, 0.4) is 0 Å². The molecule has 1 unspecified atom stereocenters. The Morgan fingerprint density at radius 3 is 2.47 bits per heavy atom. The lowest BCUT2D eigenvalue weighted by molar-refractivity contribution is -0.0632. The summed E-state index contributed by atoms with van der Waals surface area (Å²) in [6.07, 6.45) is -2.06. The summed E-state index contributed by atoms with van der Waals surface area (Å²) in [7, 11) is 0. The van der Waals surface area contributed by atoms with Crippen molar-refractivity contribution in [3.05, 3.63) is 63.4 Å². The molecule has 0 radical (unpaired) electrons. The van der Waals surface area contributed by atoms with Crippen molar-refractivity contribution in [3.63, 3.8) is 0 Å². The number of alkyl halides is 4. The van der Waals surface area contributed by atoms with Crippen LogP contribution in [0.15, 0.2) is 36.5 Å². The first-order valence-corrected chi connectivity index (χ1v) is 10.0. The van der Waals surface area contributed by atoms with Crippen LogP contribution in [0.25, 0.3) is 0 Å². The summed E-state index contributed by atoms with van der Waals surface area (Å²) >= 11 is 12.0. The second-order valence-electron chi connectivity index (χ2n) is 7.04. The van der Waals surface area contributed by atoms with E-state index in [2.05, 4.69) is 10.3 Å². The molecule has 1 fully saturated rings. The van der Waals surface area contributed by atoms with Gasteiger partial charge in [0.25, 0.3) is 18.3 Å². The third-order valence-electron chi connectivity index (χ3n) is 5.04. The van der Waals surface area contributed by atoms with E-state index in [4.69, 9.17) is 23.2 Å². The van der Waals surface area contributed by atoms with E-state index in [-0.39, 0.29) is 53.8 Å². The van der Waals surface area contributed by atoms with Crippen LogP contribution in [0, 0.1) is 0 Å². The summed E-state index contributed by atoms with van der Waals surface area (Å²) in [4.78, 5) is 18.1. The number of nitrogens with zero attached hydrogens (tertiary/aromatic N) is 2. The highest BCUT2D eigenvalue weighted by Crippen LogP contribution is 2.33. The Morgan fingerprint density at radius 1 is 1.17 bits per heavy atom. The average Bonchev–Trinajstić information content (AvgIpc) is 2.71. The van der Waals surface area contributed by atoms with Gasteiger partial charge in [0.05, 0.1) is 21.7 Å². The van der Waals surface area contributed by atoms with Crippen LogP contribution in [0.2, 0.25) is 10.0 Å². The van der Waals surface area contributed by atoms with Crippen molar-refractivity contribution in [2.24, 2.45) is 0 Å². The lowest BCUT2D eigenvalue weighted by atomic mass is 10.0. The molecular formula is C20H19Cl2F4N3O. The Hall–Kier alpha value is -1.90. The SMILES string of the molecule is O=C(NCC(c1ccc(C(F)F)nc1)N1CCC(F)(F)CC1)c1cccc(Cl)c1Cl. The minimum atomic E-state index is -2.74. The molecule has 30 heavy (non-hydrogen) atoms. The van der Waals surface area contributed by atoms with Gasteiger partial charge in [0.2, 0.25) is 0 Å². The summed E-state index contributed by atoms with van der Waals surface area (Å²) in [5.41, 5.74) is 0.346. The lowest BCUT2D eigenvalue weighted by Gasteiger charge is -2.37. The molecule has 3 rings (SSSR count). The molecular weight excluding hydrogens is 445 g/mol. The highest BCUT2D eigenvalue weighted by Gasteiger charge is 2.36. The Morgan fingerprint density at radius 2 is 1.87 bits per heavy atom. The summed E-state index contributed by atoms with van der Waals surface area (Å²) in [6, 6.07) is 6.81. The van der Waals surface area contributed by atoms with E-state index in [9.17, 15) is 22.4 Å². The van der Waals surface area contributed by atoms with Crippen LogP contribution in [-0.2, 0) is 0 Å². The van der Waals surface area contributed by atoms with Crippen molar-refractivity contribution in [2.75, 3.05) is 19.6 Å². The predicted octanol–water partition coefficient (Wildman–Crippen LogP) is 5.53. The van der Waals surface area contributed by atoms with Crippen LogP contribution in [0.1, 0.15) is 46.9 Å². The zero-order valence-corrected chi connectivity index (χ0v) is 17.2. The summed E-state index contributed by atoms with van der Waals surface area (Å²) in [6.45, 7) is 0.257. The first kappa shape index (κ1) is 22.8. The van der Waals surface area contributed by atoms with Crippen LogP contribution >= 0.6 is 23.2 Å². The Labute approximate surface area is 181 Å². The number of hydrogen-bond acceptors (Lipinski definition) is 3. The number of rotatable bonds is 6. The second-order valence-corrected chi connectivity index (χ2v) is 7.82. The van der Waals surface area contributed by atoms with Crippen molar-refractivity contribution < 1.29 is 22.4 Å². The molecule has 0 bridgehead atoms. The monoisotopic (exact) mass is 463 g/mol. The second kappa shape index (κ2) is 9.49. The quantitative estimate of drug-likeness (QED) is 0.572. The van der Waals surface area contributed by atoms with Gasteiger partial charge in [-0.05, 0) is 23.8 Å². The van der Waals surface area contributed by atoms with Gasteiger partial charge in [0.1, 0.15) is 5.69 Å². The smallest absolute Gasteiger partial charge is 0.280 e. The van der Waals surface area contributed by atoms with Gasteiger partial charge >= 0.3 is 0 Å². The zero-order valence-electron chi connectivity index (χ0n) is 15.7. The lowest BCUT2D eigenvalue weighted by Crippen LogP contribution is -2.45. The number of carbonyl (C=O) groups excluding carboxylic acids is 1. The van der Waals surface area contributed by atoms with Crippen LogP contribution in [-0.4, -0.2) is 41.3 Å². The van der Waals surface area contributed by atoms with E-state index in [1.807, 2.05) is 0 Å². The van der Waals surface area contributed by atoms with Gasteiger partial charge in [-0.3, -0.25) is 14.7 Å². The summed E-state index contributed by atoms with van der Waals surface area (Å²) in [5, 5.41) is 3.07. The van der Waals surface area contributed by atoms with Crippen molar-refractivity contribution >= 4 is 29.1 Å². The summed E-state index contributed by atoms with van der Waals surface area (Å²) in [5.74, 6) is -3.22. The van der Waals surface area contributed by atoms with Gasteiger partial charge in [0, 0.05) is 38.7 Å². The molecule has 1 atom stereocenters. The van der Waals surface area contributed by atoms with Crippen molar-refractivity contribution in [3.8, 4) is 0 Å². The van der Waals surface area contributed by atoms with E-state index in [1.165, 1.54) is 24.4 Å². The molecule has 162 valence electrons. The molecule has 4 nitrogen and oxygen atoms in total. The average molecular weight is 464 g/mol. The number of carbonyl (C=O) groups is 1. The van der Waals surface area contributed by atoms with Crippen LogP contribution in [0.4, 0.5) is 17.6 Å². The number of benzene rings is 1. The van der Waals surface area contributed by atoms with Crippen molar-refractivity contribution in [1.82, 2.24) is 15.2 Å². The fraction of sp³-hybridized carbons (Fsp3) is 0.400. The van der Waals surface area contributed by atoms with Gasteiger partial charge in [-0.1, -0.05) is 35.3 Å². The Balaban J connectivity index is 1.79. The number of hydrogen-bond donors (Lipinski definition) is 1. The predicted molar refractivity (Wildman–Crippen MR) is 106 cm³/mol. The van der Waals surface area contributed by atoms with E-state index in [0.29, 0.717) is 5.56 Å². The molecule has 1 amide bonds. The summed E-state index contributed by atoms with van der Waals surface area (Å²) < 4.78 is 52.8. The van der Waals surface area contributed by atoms with Gasteiger partial charge in [0.15, 0.2) is 0 Å². The molecule has 1 aliphatic rings. The molecule has 0 spiro atoms. The molecule has 0 saturated carbocycles. The molecule has 2 aromatic rings. The number of halogens is 6. The van der Waals surface area contributed by atoms with Gasteiger partial charge in [-0.25, -0.2) is 17.6 Å². The molecule has 2 heterocycles. The van der Waals surface area contributed by atoms with E-state index < -0.39 is 24.3 Å². The normalized spacial score (nSPS) is 17.7. The number of amides is 1. The fourth-order valence-corrected chi connectivity index (χ4v) is 3.71. The van der Waals surface area contributed by atoms with Gasteiger partial charge < -0.3 is 5.32 Å². The maximum atomic E-state index is 13.6. The maximum absolute atomic E-state index is 13.6. The van der Waals surface area contributed by atoms with Crippen molar-refractivity contribution in [2.45, 2.75) is 31.2 Å². The van der Waals surface area contributed by atoms with E-state index in [1.54, 1.807) is 17.0 Å². The topological polar surface area (TPSA) is 45.2 Å². The fourth-order valence-electron chi connectivity index (χ4n) is 3.33. The minimum Gasteiger partial charge on any atom is -0.350 e. The molecule has 10 heteroatoms. The zero-order chi connectivity index (χ0) is 21.9. The maximum Gasteiger partial charge on any atom is 0.280 e. The molecule has 1 aromatic heterocycles. The Kier molecular flexibility index (Phi) is 7.21. The number of piperidine rings is 1. The number of likely N-dealkylation sites (tertiary alicyclic amines) is 1. The first-order valence-electron chi connectivity index (χ1n) is 9.26. The van der Waals surface area contributed by atoms with Crippen molar-refractivity contribution in [1.29, 1.82) is 0 Å². The van der Waals surface area contributed by atoms with Gasteiger partial charge in [-0.15, -0.1) is 0 Å². The number of aromatic nitrogens is 1. The highest BCUT2D eigenvalue weighted by atomic mass is 35.5. The standard InChI is InChI=1S/C20H19Cl2F4N3O/c21-14-3-1-2-13(17(14)22)19(30)28-11-16(29-8-6-20(25,26)7-9-29)12-4-5-15(18(23)24)27-10-12/h1-5,10,16,18H,6-9,11H2,(H,28,30). The minimum absolute atomic E-state index is 0.0585. The Bertz CT molecular complexity index is 886. The first-order chi connectivity index (χ1) is 14.2. The molecule has 1 N–H and O–H groups in total. The van der Waals surface area contributed by atoms with E-state index in [0.717, 1.165) is 0 Å². The molecule has 1 aliphatic heterocycles. The third-order valence-corrected chi connectivity index (χ3v) is 5.86. The van der Waals surface area contributed by atoms with Crippen LogP contribution in [0.5, 0.6) is 0 Å². The molecule has 1 aromatic carbocycles. The number of pyridine rings is 1.